The predicted octanol–water partition coefficient (Wildman–Crippen LogP) is 2.59. The zero-order valence-corrected chi connectivity index (χ0v) is 15.3. The van der Waals surface area contributed by atoms with Gasteiger partial charge in [-0.2, -0.15) is 0 Å². The number of aryl methyl sites for hydroxylation is 1. The standard InChI is InChI=1S/C20H25N3O2/c1-5-15-18(17-13(2)19(24)21-20(17)25)14-9-6-7-10-16(14)23(15)12-8-11-22(3)4/h6-7,9-10H,5,8,11-12H2,1-4H3,(H,21,24,25). The molecule has 1 aromatic heterocycles. The molecule has 0 saturated carbocycles. The molecule has 2 heterocycles. The smallest absolute Gasteiger partial charge is 0.259 e. The zero-order chi connectivity index (χ0) is 18.1. The summed E-state index contributed by atoms with van der Waals surface area (Å²) < 4.78 is 2.31. The maximum Gasteiger partial charge on any atom is 0.259 e. The van der Waals surface area contributed by atoms with Crippen molar-refractivity contribution in [2.24, 2.45) is 0 Å². The average Bonchev–Trinajstić information content (AvgIpc) is 3.01. The predicted molar refractivity (Wildman–Crippen MR) is 100 cm³/mol. The van der Waals surface area contributed by atoms with Crippen LogP contribution in [0.15, 0.2) is 29.8 Å². The molecule has 0 saturated heterocycles. The molecule has 0 aliphatic carbocycles. The second-order valence-corrected chi connectivity index (χ2v) is 6.78. The molecule has 2 aromatic rings. The van der Waals surface area contributed by atoms with Crippen LogP contribution in [0.5, 0.6) is 0 Å². The fourth-order valence-corrected chi connectivity index (χ4v) is 3.65. The summed E-state index contributed by atoms with van der Waals surface area (Å²) >= 11 is 0. The lowest BCUT2D eigenvalue weighted by Crippen LogP contribution is -2.22. The number of carbonyl (C=O) groups excluding carboxylic acids is 2. The first-order chi connectivity index (χ1) is 12.0. The van der Waals surface area contributed by atoms with Gasteiger partial charge in [0.1, 0.15) is 0 Å². The molecule has 0 atom stereocenters. The van der Waals surface area contributed by atoms with Crippen molar-refractivity contribution in [2.75, 3.05) is 20.6 Å². The van der Waals surface area contributed by atoms with Crippen LogP contribution >= 0.6 is 0 Å². The molecule has 0 spiro atoms. The van der Waals surface area contributed by atoms with Crippen LogP contribution in [-0.2, 0) is 22.6 Å². The maximum absolute atomic E-state index is 12.4. The van der Waals surface area contributed by atoms with Crippen LogP contribution in [0.1, 0.15) is 31.5 Å². The third kappa shape index (κ3) is 3.00. The molecule has 1 N–H and O–H groups in total. The Labute approximate surface area is 148 Å². The third-order valence-corrected chi connectivity index (χ3v) is 4.82. The maximum atomic E-state index is 12.4. The van der Waals surface area contributed by atoms with Crippen LogP contribution < -0.4 is 5.32 Å². The Bertz CT molecular complexity index is 874. The van der Waals surface area contributed by atoms with Crippen LogP contribution in [0.2, 0.25) is 0 Å². The SMILES string of the molecule is CCc1c(C2=C(C)C(=O)NC2=O)c2ccccc2n1CCCN(C)C. The highest BCUT2D eigenvalue weighted by atomic mass is 16.2. The van der Waals surface area contributed by atoms with Gasteiger partial charge in [-0.15, -0.1) is 0 Å². The Morgan fingerprint density at radius 1 is 1.12 bits per heavy atom. The van der Waals surface area contributed by atoms with Crippen LogP contribution in [0.4, 0.5) is 0 Å². The van der Waals surface area contributed by atoms with E-state index in [0.29, 0.717) is 11.1 Å². The molecule has 0 unspecified atom stereocenters. The quantitative estimate of drug-likeness (QED) is 0.823. The summed E-state index contributed by atoms with van der Waals surface area (Å²) in [6.45, 7) is 5.73. The Morgan fingerprint density at radius 3 is 2.44 bits per heavy atom. The van der Waals surface area contributed by atoms with E-state index < -0.39 is 0 Å². The number of hydrogen-bond donors (Lipinski definition) is 1. The molecule has 5 nitrogen and oxygen atoms in total. The summed E-state index contributed by atoms with van der Waals surface area (Å²) in [4.78, 5) is 26.5. The van der Waals surface area contributed by atoms with Gasteiger partial charge < -0.3 is 9.47 Å². The van der Waals surface area contributed by atoms with E-state index in [9.17, 15) is 9.59 Å². The highest BCUT2D eigenvalue weighted by Gasteiger charge is 2.32. The number of amides is 2. The highest BCUT2D eigenvalue weighted by Crippen LogP contribution is 2.35. The Hall–Kier alpha value is -2.40. The van der Waals surface area contributed by atoms with Gasteiger partial charge in [-0.1, -0.05) is 25.1 Å². The van der Waals surface area contributed by atoms with Crippen molar-refractivity contribution < 1.29 is 9.59 Å². The minimum absolute atomic E-state index is 0.284. The van der Waals surface area contributed by atoms with Crippen molar-refractivity contribution >= 4 is 28.3 Å². The van der Waals surface area contributed by atoms with E-state index in [-0.39, 0.29) is 11.8 Å². The molecule has 25 heavy (non-hydrogen) atoms. The second kappa shape index (κ2) is 6.84. The number of nitrogens with one attached hydrogen (secondary N) is 1. The van der Waals surface area contributed by atoms with Crippen molar-refractivity contribution in [3.05, 3.63) is 41.1 Å². The number of hydrogen-bond acceptors (Lipinski definition) is 3. The minimum atomic E-state index is -0.286. The van der Waals surface area contributed by atoms with Gasteiger partial charge in [-0.25, -0.2) is 0 Å². The van der Waals surface area contributed by atoms with Crippen molar-refractivity contribution in [2.45, 2.75) is 33.2 Å². The van der Waals surface area contributed by atoms with E-state index in [0.717, 1.165) is 48.1 Å². The molecule has 1 aliphatic rings. The zero-order valence-electron chi connectivity index (χ0n) is 15.3. The molecule has 132 valence electrons. The van der Waals surface area contributed by atoms with Gasteiger partial charge >= 0.3 is 0 Å². The van der Waals surface area contributed by atoms with Crippen molar-refractivity contribution in [3.8, 4) is 0 Å². The van der Waals surface area contributed by atoms with Gasteiger partial charge in [-0.05, 0) is 46.5 Å². The van der Waals surface area contributed by atoms with E-state index in [2.05, 4.69) is 41.9 Å². The molecule has 0 radical (unpaired) electrons. The molecular formula is C20H25N3O2. The van der Waals surface area contributed by atoms with E-state index in [1.165, 1.54) is 0 Å². The number of nitrogens with zero attached hydrogens (tertiary/aromatic N) is 2. The van der Waals surface area contributed by atoms with Crippen LogP contribution in [0.25, 0.3) is 16.5 Å². The molecule has 5 heteroatoms. The lowest BCUT2D eigenvalue weighted by molar-refractivity contribution is -0.123. The molecular weight excluding hydrogens is 314 g/mol. The van der Waals surface area contributed by atoms with Crippen LogP contribution in [-0.4, -0.2) is 41.9 Å². The first kappa shape index (κ1) is 17.4. The van der Waals surface area contributed by atoms with Crippen molar-refractivity contribution in [1.82, 2.24) is 14.8 Å². The summed E-state index contributed by atoms with van der Waals surface area (Å²) in [5.41, 5.74) is 4.21. The van der Waals surface area contributed by atoms with E-state index >= 15 is 0 Å². The molecule has 0 fully saturated rings. The summed E-state index contributed by atoms with van der Waals surface area (Å²) in [5, 5.41) is 3.48. The van der Waals surface area contributed by atoms with Crippen molar-refractivity contribution in [3.63, 3.8) is 0 Å². The number of benzene rings is 1. The normalized spacial score (nSPS) is 14.9. The van der Waals surface area contributed by atoms with Gasteiger partial charge in [0.05, 0.1) is 5.57 Å². The summed E-state index contributed by atoms with van der Waals surface area (Å²) in [7, 11) is 4.14. The van der Waals surface area contributed by atoms with Crippen LogP contribution in [0.3, 0.4) is 0 Å². The third-order valence-electron chi connectivity index (χ3n) is 4.82. The lowest BCUT2D eigenvalue weighted by Gasteiger charge is -2.13. The topological polar surface area (TPSA) is 54.3 Å². The Kier molecular flexibility index (Phi) is 4.77. The van der Waals surface area contributed by atoms with Crippen LogP contribution in [0, 0.1) is 0 Å². The number of para-hydroxylation sites is 1. The highest BCUT2D eigenvalue weighted by molar-refractivity contribution is 6.37. The number of imide groups is 1. The summed E-state index contributed by atoms with van der Waals surface area (Å²) in [6.07, 6.45) is 1.84. The fraction of sp³-hybridized carbons (Fsp3) is 0.400. The molecule has 2 amide bonds. The van der Waals surface area contributed by atoms with E-state index in [4.69, 9.17) is 0 Å². The van der Waals surface area contributed by atoms with Gasteiger partial charge in [0.2, 0.25) is 0 Å². The van der Waals surface area contributed by atoms with Gasteiger partial charge in [0, 0.05) is 34.3 Å². The van der Waals surface area contributed by atoms with Crippen molar-refractivity contribution in [1.29, 1.82) is 0 Å². The number of fused-ring (bicyclic) bond motifs is 1. The fourth-order valence-electron chi connectivity index (χ4n) is 3.65. The molecule has 0 bridgehead atoms. The summed E-state index contributed by atoms with van der Waals surface area (Å²) in [5.74, 6) is -0.570. The van der Waals surface area contributed by atoms with Gasteiger partial charge in [-0.3, -0.25) is 14.9 Å². The van der Waals surface area contributed by atoms with Gasteiger partial charge in [0.15, 0.2) is 0 Å². The number of rotatable bonds is 6. The van der Waals surface area contributed by atoms with Gasteiger partial charge in [0.25, 0.3) is 11.8 Å². The number of carbonyl (C=O) groups is 2. The largest absolute Gasteiger partial charge is 0.344 e. The first-order valence-corrected chi connectivity index (χ1v) is 8.77. The van der Waals surface area contributed by atoms with E-state index in [1.54, 1.807) is 6.92 Å². The second-order valence-electron chi connectivity index (χ2n) is 6.78. The lowest BCUT2D eigenvalue weighted by atomic mass is 9.98. The average molecular weight is 339 g/mol. The molecule has 1 aliphatic heterocycles. The van der Waals surface area contributed by atoms with E-state index in [1.807, 2.05) is 18.2 Å². The Balaban J connectivity index is 2.19. The Morgan fingerprint density at radius 2 is 1.84 bits per heavy atom. The summed E-state index contributed by atoms with van der Waals surface area (Å²) in [6, 6.07) is 8.15. The first-order valence-electron chi connectivity index (χ1n) is 8.77. The number of aromatic nitrogens is 1. The molecule has 3 rings (SSSR count). The minimum Gasteiger partial charge on any atom is -0.344 e. The molecule has 1 aromatic carbocycles. The monoisotopic (exact) mass is 339 g/mol.